The van der Waals surface area contributed by atoms with Crippen molar-refractivity contribution in [2.45, 2.75) is 6.04 Å². The number of ether oxygens (including phenoxy) is 1. The monoisotopic (exact) mass is 247 g/mol. The average Bonchev–Trinajstić information content (AvgIpc) is 2.58. The summed E-state index contributed by atoms with van der Waals surface area (Å²) in [4.78, 5) is 11.8. The quantitative estimate of drug-likeness (QED) is 0.828. The lowest BCUT2D eigenvalue weighted by Crippen LogP contribution is -2.17. The van der Waals surface area contributed by atoms with Crippen LogP contribution in [0.2, 0.25) is 0 Å². The first-order valence-electron chi connectivity index (χ1n) is 3.43. The Kier molecular flexibility index (Phi) is 2.06. The van der Waals surface area contributed by atoms with Crippen LogP contribution in [-0.4, -0.2) is 12.7 Å². The molecule has 12 heavy (non-hydrogen) atoms. The van der Waals surface area contributed by atoms with E-state index in [0.29, 0.717) is 6.61 Å². The molecule has 1 saturated heterocycles. The maximum Gasteiger partial charge on any atom is 0.407 e. The van der Waals surface area contributed by atoms with Crippen molar-refractivity contribution in [3.05, 3.63) is 20.8 Å². The number of halogens is 1. The normalized spacial score (nSPS) is 22.1. The number of cyclic esters (lactones) is 1. The lowest BCUT2D eigenvalue weighted by Gasteiger charge is -2.03. The van der Waals surface area contributed by atoms with Crippen LogP contribution in [0.25, 0.3) is 0 Å². The number of alkyl carbamates (subject to hydrolysis) is 1. The zero-order chi connectivity index (χ0) is 8.55. The molecule has 1 atom stereocenters. The van der Waals surface area contributed by atoms with Gasteiger partial charge in [0.2, 0.25) is 0 Å². The highest BCUT2D eigenvalue weighted by Crippen LogP contribution is 2.30. The van der Waals surface area contributed by atoms with E-state index in [9.17, 15) is 4.79 Å². The molecular weight excluding hydrogens is 242 g/mol. The van der Waals surface area contributed by atoms with Gasteiger partial charge >= 0.3 is 6.09 Å². The number of rotatable bonds is 1. The molecule has 0 spiro atoms. The lowest BCUT2D eigenvalue weighted by molar-refractivity contribution is 0.177. The van der Waals surface area contributed by atoms with Crippen molar-refractivity contribution < 1.29 is 9.53 Å². The summed E-state index contributed by atoms with van der Waals surface area (Å²) in [5.74, 6) is 0. The molecule has 64 valence electrons. The van der Waals surface area contributed by atoms with Gasteiger partial charge in [0.05, 0.1) is 0 Å². The van der Waals surface area contributed by atoms with E-state index in [1.807, 2.05) is 11.4 Å². The van der Waals surface area contributed by atoms with Gasteiger partial charge < -0.3 is 10.1 Å². The van der Waals surface area contributed by atoms with Crippen LogP contribution in [0.1, 0.15) is 10.9 Å². The number of amides is 1. The molecule has 0 unspecified atom stereocenters. The minimum absolute atomic E-state index is 0.0203. The summed E-state index contributed by atoms with van der Waals surface area (Å²) in [6, 6.07) is 1.98. The third kappa shape index (κ3) is 1.34. The van der Waals surface area contributed by atoms with E-state index in [2.05, 4.69) is 21.2 Å². The van der Waals surface area contributed by atoms with E-state index in [1.54, 1.807) is 11.3 Å². The Morgan fingerprint density at radius 1 is 1.75 bits per heavy atom. The summed E-state index contributed by atoms with van der Waals surface area (Å²) < 4.78 is 5.81. The van der Waals surface area contributed by atoms with E-state index < -0.39 is 0 Å². The molecule has 0 bridgehead atoms. The number of hydrogen-bond acceptors (Lipinski definition) is 3. The van der Waals surface area contributed by atoms with Gasteiger partial charge in [-0.2, -0.15) is 0 Å². The summed E-state index contributed by atoms with van der Waals surface area (Å²) in [5.41, 5.74) is 0. The minimum Gasteiger partial charge on any atom is -0.447 e. The molecule has 5 heteroatoms. The summed E-state index contributed by atoms with van der Waals surface area (Å²) in [6.45, 7) is 0.429. The molecule has 1 amide bonds. The standard InChI is InChI=1S/C7H6BrNO2S/c8-4-1-2-12-6(4)5-3-11-7(10)9-5/h1-2,5H,3H2,(H,9,10)/t5-/m1/s1. The second-order valence-corrected chi connectivity index (χ2v) is 4.23. The van der Waals surface area contributed by atoms with Crippen LogP contribution in [0.5, 0.6) is 0 Å². The molecule has 1 aliphatic rings. The van der Waals surface area contributed by atoms with Crippen LogP contribution in [-0.2, 0) is 4.74 Å². The second kappa shape index (κ2) is 3.06. The smallest absolute Gasteiger partial charge is 0.407 e. The molecule has 1 N–H and O–H groups in total. The first-order valence-corrected chi connectivity index (χ1v) is 5.11. The third-order valence-corrected chi connectivity index (χ3v) is 3.62. The van der Waals surface area contributed by atoms with Crippen molar-refractivity contribution in [1.29, 1.82) is 0 Å². The lowest BCUT2D eigenvalue weighted by atomic mass is 10.3. The molecule has 0 radical (unpaired) electrons. The molecule has 0 aromatic carbocycles. The second-order valence-electron chi connectivity index (χ2n) is 2.43. The van der Waals surface area contributed by atoms with E-state index in [4.69, 9.17) is 4.74 Å². The fourth-order valence-corrected chi connectivity index (χ4v) is 2.77. The molecule has 1 aromatic rings. The molecule has 1 aromatic heterocycles. The fourth-order valence-electron chi connectivity index (χ4n) is 1.08. The van der Waals surface area contributed by atoms with Crippen LogP contribution in [0.4, 0.5) is 4.79 Å². The van der Waals surface area contributed by atoms with E-state index >= 15 is 0 Å². The number of carbonyl (C=O) groups is 1. The molecule has 1 fully saturated rings. The molecule has 3 nitrogen and oxygen atoms in total. The van der Waals surface area contributed by atoms with Crippen molar-refractivity contribution in [2.24, 2.45) is 0 Å². The highest BCUT2D eigenvalue weighted by atomic mass is 79.9. The Hall–Kier alpha value is -0.550. The molecular formula is C7H6BrNO2S. The van der Waals surface area contributed by atoms with Crippen LogP contribution in [0.3, 0.4) is 0 Å². The Morgan fingerprint density at radius 3 is 3.08 bits per heavy atom. The minimum atomic E-state index is -0.333. The van der Waals surface area contributed by atoms with Crippen LogP contribution in [0, 0.1) is 0 Å². The van der Waals surface area contributed by atoms with Gasteiger partial charge in [0.25, 0.3) is 0 Å². The van der Waals surface area contributed by atoms with Crippen LogP contribution < -0.4 is 5.32 Å². The van der Waals surface area contributed by atoms with Crippen molar-refractivity contribution in [2.75, 3.05) is 6.61 Å². The molecule has 2 rings (SSSR count). The molecule has 2 heterocycles. The predicted octanol–water partition coefficient (Wildman–Crippen LogP) is 2.29. The van der Waals surface area contributed by atoms with Crippen molar-refractivity contribution in [1.82, 2.24) is 5.32 Å². The van der Waals surface area contributed by atoms with E-state index in [0.717, 1.165) is 9.35 Å². The summed E-state index contributed by atoms with van der Waals surface area (Å²) in [6.07, 6.45) is -0.333. The Balaban J connectivity index is 2.21. The number of thiophene rings is 1. The predicted molar refractivity (Wildman–Crippen MR) is 49.2 cm³/mol. The fraction of sp³-hybridized carbons (Fsp3) is 0.286. The van der Waals surface area contributed by atoms with E-state index in [-0.39, 0.29) is 12.1 Å². The third-order valence-electron chi connectivity index (χ3n) is 1.63. The van der Waals surface area contributed by atoms with Gasteiger partial charge in [-0.3, -0.25) is 0 Å². The Labute approximate surface area is 81.9 Å². The van der Waals surface area contributed by atoms with Gasteiger partial charge in [0, 0.05) is 9.35 Å². The topological polar surface area (TPSA) is 38.3 Å². The largest absolute Gasteiger partial charge is 0.447 e. The average molecular weight is 248 g/mol. The number of hydrogen-bond donors (Lipinski definition) is 1. The maximum atomic E-state index is 10.7. The first kappa shape index (κ1) is 8.07. The van der Waals surface area contributed by atoms with Gasteiger partial charge in [0.1, 0.15) is 12.6 Å². The molecule has 0 saturated carbocycles. The number of nitrogens with one attached hydrogen (secondary N) is 1. The van der Waals surface area contributed by atoms with E-state index in [1.165, 1.54) is 0 Å². The number of carbonyl (C=O) groups excluding carboxylic acids is 1. The van der Waals surface area contributed by atoms with Crippen molar-refractivity contribution >= 4 is 33.4 Å². The summed E-state index contributed by atoms with van der Waals surface area (Å²) in [7, 11) is 0. The van der Waals surface area contributed by atoms with Crippen molar-refractivity contribution in [3.8, 4) is 0 Å². The Bertz CT molecular complexity index is 312. The Morgan fingerprint density at radius 2 is 2.58 bits per heavy atom. The van der Waals surface area contributed by atoms with Crippen LogP contribution in [0.15, 0.2) is 15.9 Å². The zero-order valence-corrected chi connectivity index (χ0v) is 8.44. The maximum absolute atomic E-state index is 10.7. The SMILES string of the molecule is O=C1N[C@@H](c2sccc2Br)CO1. The molecule has 0 aliphatic carbocycles. The van der Waals surface area contributed by atoms with Gasteiger partial charge in [-0.15, -0.1) is 11.3 Å². The summed E-state index contributed by atoms with van der Waals surface area (Å²) >= 11 is 5.01. The summed E-state index contributed by atoms with van der Waals surface area (Å²) in [5, 5.41) is 4.69. The van der Waals surface area contributed by atoms with Gasteiger partial charge in [-0.25, -0.2) is 4.79 Å². The van der Waals surface area contributed by atoms with Crippen molar-refractivity contribution in [3.63, 3.8) is 0 Å². The molecule has 1 aliphatic heterocycles. The van der Waals surface area contributed by atoms with Gasteiger partial charge in [-0.1, -0.05) is 0 Å². The van der Waals surface area contributed by atoms with Crippen LogP contribution >= 0.6 is 27.3 Å². The van der Waals surface area contributed by atoms with Gasteiger partial charge in [-0.05, 0) is 27.4 Å². The van der Waals surface area contributed by atoms with Gasteiger partial charge in [0.15, 0.2) is 0 Å². The first-order chi connectivity index (χ1) is 5.77. The highest BCUT2D eigenvalue weighted by molar-refractivity contribution is 9.10. The zero-order valence-electron chi connectivity index (χ0n) is 6.04. The highest BCUT2D eigenvalue weighted by Gasteiger charge is 2.26.